The van der Waals surface area contributed by atoms with Gasteiger partial charge in [-0.25, -0.2) is 0 Å². The maximum Gasteiger partial charge on any atom is 0.222 e. The number of amides is 1. The highest BCUT2D eigenvalue weighted by Crippen LogP contribution is 2.28. The van der Waals surface area contributed by atoms with Crippen LogP contribution in [0.3, 0.4) is 0 Å². The summed E-state index contributed by atoms with van der Waals surface area (Å²) in [4.78, 5) is 14.6. The van der Waals surface area contributed by atoms with Gasteiger partial charge in [-0.05, 0) is 43.8 Å². The van der Waals surface area contributed by atoms with Crippen LogP contribution in [0.25, 0.3) is 0 Å². The molecule has 4 nitrogen and oxygen atoms in total. The molecule has 1 aromatic carbocycles. The Hall–Kier alpha value is -1.39. The molecule has 120 valence electrons. The highest BCUT2D eigenvalue weighted by atomic mass is 16.2. The number of carbonyl (C=O) groups is 1. The molecule has 2 aliphatic rings. The van der Waals surface area contributed by atoms with Crippen LogP contribution in [0.2, 0.25) is 0 Å². The van der Waals surface area contributed by atoms with E-state index in [2.05, 4.69) is 17.4 Å². The van der Waals surface area contributed by atoms with E-state index in [-0.39, 0.29) is 12.0 Å². The minimum absolute atomic E-state index is 0.0575. The Bertz CT molecular complexity index is 482. The van der Waals surface area contributed by atoms with Crippen molar-refractivity contribution >= 4 is 5.91 Å². The third kappa shape index (κ3) is 3.68. The summed E-state index contributed by atoms with van der Waals surface area (Å²) in [6.07, 6.45) is 4.16. The van der Waals surface area contributed by atoms with E-state index in [0.29, 0.717) is 24.8 Å². The summed E-state index contributed by atoms with van der Waals surface area (Å²) in [7, 11) is 0. The number of nitrogens with two attached hydrogens (primary N) is 1. The molecule has 3 N–H and O–H groups in total. The molecule has 2 saturated heterocycles. The first-order valence-corrected chi connectivity index (χ1v) is 8.53. The molecule has 3 atom stereocenters. The predicted octanol–water partition coefficient (Wildman–Crippen LogP) is 1.72. The van der Waals surface area contributed by atoms with Crippen LogP contribution in [0.4, 0.5) is 0 Å². The van der Waals surface area contributed by atoms with Crippen LogP contribution in [0.1, 0.15) is 37.2 Å². The van der Waals surface area contributed by atoms with E-state index < -0.39 is 0 Å². The largest absolute Gasteiger partial charge is 0.340 e. The highest BCUT2D eigenvalue weighted by molar-refractivity contribution is 5.77. The lowest BCUT2D eigenvalue weighted by atomic mass is 9.95. The van der Waals surface area contributed by atoms with Gasteiger partial charge in [0, 0.05) is 31.5 Å². The lowest BCUT2D eigenvalue weighted by Crippen LogP contribution is -2.33. The van der Waals surface area contributed by atoms with Gasteiger partial charge in [-0.2, -0.15) is 0 Å². The Morgan fingerprint density at radius 3 is 2.82 bits per heavy atom. The van der Waals surface area contributed by atoms with Gasteiger partial charge in [-0.3, -0.25) is 4.79 Å². The van der Waals surface area contributed by atoms with Gasteiger partial charge < -0.3 is 16.0 Å². The zero-order valence-electron chi connectivity index (χ0n) is 13.2. The fraction of sp³-hybridized carbons (Fsp3) is 0.611. The van der Waals surface area contributed by atoms with Gasteiger partial charge in [0.2, 0.25) is 5.91 Å². The molecule has 0 spiro atoms. The Labute approximate surface area is 133 Å². The number of nitrogens with one attached hydrogen (secondary N) is 1. The van der Waals surface area contributed by atoms with Crippen LogP contribution < -0.4 is 11.1 Å². The van der Waals surface area contributed by atoms with E-state index in [4.69, 9.17) is 5.73 Å². The molecule has 0 bridgehead atoms. The van der Waals surface area contributed by atoms with Gasteiger partial charge in [0.05, 0.1) is 0 Å². The summed E-state index contributed by atoms with van der Waals surface area (Å²) in [5.41, 5.74) is 7.55. The number of hydrogen-bond acceptors (Lipinski definition) is 3. The van der Waals surface area contributed by atoms with Crippen molar-refractivity contribution < 1.29 is 4.79 Å². The first-order chi connectivity index (χ1) is 10.7. The van der Waals surface area contributed by atoms with Crippen molar-refractivity contribution in [3.63, 3.8) is 0 Å². The SMILES string of the molecule is N[C@@H]1CN(C(=O)CC2CCCNCC2)C[C@H]1c1ccccc1. The Kier molecular flexibility index (Phi) is 5.11. The van der Waals surface area contributed by atoms with Crippen LogP contribution in [0, 0.1) is 5.92 Å². The zero-order valence-corrected chi connectivity index (χ0v) is 13.2. The normalized spacial score (nSPS) is 29.3. The number of likely N-dealkylation sites (tertiary alicyclic amines) is 1. The number of nitrogens with zero attached hydrogens (tertiary/aromatic N) is 1. The second-order valence-electron chi connectivity index (χ2n) is 6.73. The molecule has 0 aliphatic carbocycles. The highest BCUT2D eigenvalue weighted by Gasteiger charge is 2.34. The van der Waals surface area contributed by atoms with Crippen molar-refractivity contribution in [3.8, 4) is 0 Å². The van der Waals surface area contributed by atoms with Gasteiger partial charge in [-0.15, -0.1) is 0 Å². The van der Waals surface area contributed by atoms with E-state index in [1.807, 2.05) is 23.1 Å². The molecule has 1 unspecified atom stereocenters. The van der Waals surface area contributed by atoms with E-state index >= 15 is 0 Å². The summed E-state index contributed by atoms with van der Waals surface area (Å²) >= 11 is 0. The minimum atomic E-state index is 0.0575. The second kappa shape index (κ2) is 7.25. The Morgan fingerprint density at radius 1 is 1.18 bits per heavy atom. The molecule has 22 heavy (non-hydrogen) atoms. The number of rotatable bonds is 3. The zero-order chi connectivity index (χ0) is 15.4. The molecule has 2 fully saturated rings. The van der Waals surface area contributed by atoms with Gasteiger partial charge in [0.1, 0.15) is 0 Å². The van der Waals surface area contributed by atoms with Crippen molar-refractivity contribution in [2.45, 2.75) is 37.6 Å². The van der Waals surface area contributed by atoms with Gasteiger partial charge in [0.25, 0.3) is 0 Å². The third-order valence-corrected chi connectivity index (χ3v) is 5.10. The molecular formula is C18H27N3O. The summed E-state index contributed by atoms with van der Waals surface area (Å²) in [6, 6.07) is 10.4. The third-order valence-electron chi connectivity index (χ3n) is 5.10. The molecule has 4 heteroatoms. The van der Waals surface area contributed by atoms with E-state index in [1.54, 1.807) is 0 Å². The quantitative estimate of drug-likeness (QED) is 0.894. The standard InChI is InChI=1S/C18H27N3O/c19-17-13-21(12-16(17)15-6-2-1-3-7-15)18(22)11-14-5-4-9-20-10-8-14/h1-3,6-7,14,16-17,20H,4-5,8-13,19H2/t14?,16-,17+/m0/s1. The van der Waals surface area contributed by atoms with Gasteiger partial charge >= 0.3 is 0 Å². The van der Waals surface area contributed by atoms with Crippen molar-refractivity contribution in [3.05, 3.63) is 35.9 Å². The lowest BCUT2D eigenvalue weighted by Gasteiger charge is -2.20. The van der Waals surface area contributed by atoms with E-state index in [0.717, 1.165) is 26.1 Å². The number of benzene rings is 1. The van der Waals surface area contributed by atoms with E-state index in [9.17, 15) is 4.79 Å². The first kappa shape index (κ1) is 15.5. The fourth-order valence-electron chi connectivity index (χ4n) is 3.76. The number of hydrogen-bond donors (Lipinski definition) is 2. The van der Waals surface area contributed by atoms with Crippen LogP contribution in [0.15, 0.2) is 30.3 Å². The Balaban J connectivity index is 1.57. The van der Waals surface area contributed by atoms with Crippen LogP contribution >= 0.6 is 0 Å². The van der Waals surface area contributed by atoms with Crippen LogP contribution in [-0.2, 0) is 4.79 Å². The van der Waals surface area contributed by atoms with E-state index in [1.165, 1.54) is 18.4 Å². The predicted molar refractivity (Wildman–Crippen MR) is 88.6 cm³/mol. The molecule has 2 heterocycles. The van der Waals surface area contributed by atoms with Crippen LogP contribution in [0.5, 0.6) is 0 Å². The van der Waals surface area contributed by atoms with Crippen molar-refractivity contribution in [1.29, 1.82) is 0 Å². The van der Waals surface area contributed by atoms with Crippen molar-refractivity contribution in [2.75, 3.05) is 26.2 Å². The van der Waals surface area contributed by atoms with Gasteiger partial charge in [0.15, 0.2) is 0 Å². The van der Waals surface area contributed by atoms with Crippen LogP contribution in [-0.4, -0.2) is 43.0 Å². The summed E-state index contributed by atoms with van der Waals surface area (Å²) in [5, 5.41) is 3.41. The summed E-state index contributed by atoms with van der Waals surface area (Å²) < 4.78 is 0. The summed E-state index contributed by atoms with van der Waals surface area (Å²) in [5.74, 6) is 1.11. The maximum atomic E-state index is 12.6. The molecule has 0 saturated carbocycles. The topological polar surface area (TPSA) is 58.4 Å². The smallest absolute Gasteiger partial charge is 0.222 e. The molecule has 3 rings (SSSR count). The average molecular weight is 301 g/mol. The molecule has 0 radical (unpaired) electrons. The minimum Gasteiger partial charge on any atom is -0.340 e. The Morgan fingerprint density at radius 2 is 2.00 bits per heavy atom. The summed E-state index contributed by atoms with van der Waals surface area (Å²) in [6.45, 7) is 3.61. The fourth-order valence-corrected chi connectivity index (χ4v) is 3.76. The molecular weight excluding hydrogens is 274 g/mol. The maximum absolute atomic E-state index is 12.6. The first-order valence-electron chi connectivity index (χ1n) is 8.53. The van der Waals surface area contributed by atoms with Crippen molar-refractivity contribution in [2.24, 2.45) is 11.7 Å². The number of carbonyl (C=O) groups excluding carboxylic acids is 1. The molecule has 2 aliphatic heterocycles. The average Bonchev–Trinajstić information content (AvgIpc) is 2.75. The molecule has 1 amide bonds. The molecule has 0 aromatic heterocycles. The monoisotopic (exact) mass is 301 g/mol. The molecule has 1 aromatic rings. The lowest BCUT2D eigenvalue weighted by molar-refractivity contribution is -0.131. The van der Waals surface area contributed by atoms with Crippen molar-refractivity contribution in [1.82, 2.24) is 10.2 Å². The second-order valence-corrected chi connectivity index (χ2v) is 6.73. The van der Waals surface area contributed by atoms with Gasteiger partial charge in [-0.1, -0.05) is 30.3 Å².